The first-order chi connectivity index (χ1) is 13.2. The molecule has 2 N–H and O–H groups in total. The second kappa shape index (κ2) is 9.21. The van der Waals surface area contributed by atoms with Crippen LogP contribution in [0, 0.1) is 5.92 Å². The zero-order valence-corrected chi connectivity index (χ0v) is 15.8. The van der Waals surface area contributed by atoms with Crippen LogP contribution in [0.2, 0.25) is 0 Å². The van der Waals surface area contributed by atoms with E-state index >= 15 is 0 Å². The second-order valence-electron chi connectivity index (χ2n) is 6.87. The molecule has 3 rings (SSSR count). The molecule has 0 saturated heterocycles. The van der Waals surface area contributed by atoms with Crippen LogP contribution in [0.15, 0.2) is 54.6 Å². The van der Waals surface area contributed by atoms with Gasteiger partial charge in [-0.25, -0.2) is 0 Å². The van der Waals surface area contributed by atoms with Gasteiger partial charge in [0.05, 0.1) is 0 Å². The summed E-state index contributed by atoms with van der Waals surface area (Å²) in [7, 11) is 0. The molecule has 2 amide bonds. The Morgan fingerprint density at radius 3 is 2.37 bits per heavy atom. The summed E-state index contributed by atoms with van der Waals surface area (Å²) in [5.41, 5.74) is 2.55. The predicted molar refractivity (Wildman–Crippen MR) is 109 cm³/mol. The number of amides is 2. The first kappa shape index (κ1) is 19.0. The third-order valence-corrected chi connectivity index (χ3v) is 4.76. The third-order valence-electron chi connectivity index (χ3n) is 4.76. The van der Waals surface area contributed by atoms with E-state index in [0.717, 1.165) is 38.0 Å². The van der Waals surface area contributed by atoms with Crippen LogP contribution < -0.4 is 15.5 Å². The van der Waals surface area contributed by atoms with Crippen molar-refractivity contribution in [3.05, 3.63) is 60.2 Å². The van der Waals surface area contributed by atoms with Crippen LogP contribution in [-0.2, 0) is 4.79 Å². The fraction of sp³-hybridized carbons (Fsp3) is 0.364. The molecule has 0 radical (unpaired) electrons. The van der Waals surface area contributed by atoms with Crippen molar-refractivity contribution in [1.29, 1.82) is 0 Å². The van der Waals surface area contributed by atoms with Crippen molar-refractivity contribution in [1.82, 2.24) is 5.32 Å². The lowest BCUT2D eigenvalue weighted by molar-refractivity contribution is -0.117. The molecule has 2 aromatic carbocycles. The van der Waals surface area contributed by atoms with Crippen LogP contribution in [0.3, 0.4) is 0 Å². The third kappa shape index (κ3) is 5.58. The minimum Gasteiger partial charge on any atom is -0.372 e. The quantitative estimate of drug-likeness (QED) is 0.667. The number of nitrogens with one attached hydrogen (secondary N) is 2. The van der Waals surface area contributed by atoms with Crippen molar-refractivity contribution in [2.24, 2.45) is 5.92 Å². The van der Waals surface area contributed by atoms with Gasteiger partial charge in [-0.3, -0.25) is 9.59 Å². The maximum Gasteiger partial charge on any atom is 0.251 e. The van der Waals surface area contributed by atoms with E-state index in [-0.39, 0.29) is 17.7 Å². The monoisotopic (exact) mass is 365 g/mol. The molecule has 0 unspecified atom stereocenters. The van der Waals surface area contributed by atoms with Gasteiger partial charge in [-0.15, -0.1) is 0 Å². The molecule has 5 nitrogen and oxygen atoms in total. The second-order valence-corrected chi connectivity index (χ2v) is 6.87. The van der Waals surface area contributed by atoms with Crippen LogP contribution in [0.25, 0.3) is 0 Å². The highest BCUT2D eigenvalue weighted by Gasteiger charge is 2.29. The van der Waals surface area contributed by atoms with Crippen molar-refractivity contribution < 1.29 is 9.59 Å². The van der Waals surface area contributed by atoms with E-state index in [1.807, 2.05) is 18.2 Å². The summed E-state index contributed by atoms with van der Waals surface area (Å²) in [6.07, 6.45) is 2.84. The molecule has 27 heavy (non-hydrogen) atoms. The Labute approximate surface area is 160 Å². The van der Waals surface area contributed by atoms with Gasteiger partial charge in [-0.05, 0) is 62.6 Å². The van der Waals surface area contributed by atoms with Crippen molar-refractivity contribution in [2.45, 2.75) is 26.2 Å². The highest BCUT2D eigenvalue weighted by atomic mass is 16.2. The summed E-state index contributed by atoms with van der Waals surface area (Å²) in [4.78, 5) is 26.3. The number of anilines is 2. The smallest absolute Gasteiger partial charge is 0.251 e. The molecule has 0 spiro atoms. The minimum absolute atomic E-state index is 0.0751. The lowest BCUT2D eigenvalue weighted by atomic mass is 10.2. The highest BCUT2D eigenvalue weighted by Crippen LogP contribution is 2.30. The first-order valence-electron chi connectivity index (χ1n) is 9.66. The number of benzene rings is 2. The molecule has 0 heterocycles. The molecule has 0 aliphatic heterocycles. The van der Waals surface area contributed by atoms with E-state index in [4.69, 9.17) is 0 Å². The Bertz CT molecular complexity index is 755. The van der Waals surface area contributed by atoms with Gasteiger partial charge in [0, 0.05) is 42.5 Å². The van der Waals surface area contributed by atoms with Gasteiger partial charge < -0.3 is 15.5 Å². The summed E-state index contributed by atoms with van der Waals surface area (Å²) >= 11 is 0. The molecule has 5 heteroatoms. The number of rotatable bonds is 9. The lowest BCUT2D eigenvalue weighted by Gasteiger charge is -2.23. The van der Waals surface area contributed by atoms with Crippen molar-refractivity contribution in [3.63, 3.8) is 0 Å². The fourth-order valence-corrected chi connectivity index (χ4v) is 2.98. The zero-order valence-electron chi connectivity index (χ0n) is 15.8. The van der Waals surface area contributed by atoms with E-state index in [2.05, 4.69) is 34.6 Å². The Morgan fingerprint density at radius 1 is 1.04 bits per heavy atom. The van der Waals surface area contributed by atoms with Gasteiger partial charge in [0.2, 0.25) is 5.91 Å². The number of carbonyl (C=O) groups excluding carboxylic acids is 2. The van der Waals surface area contributed by atoms with Crippen LogP contribution in [0.4, 0.5) is 11.4 Å². The Hall–Kier alpha value is -2.82. The van der Waals surface area contributed by atoms with Gasteiger partial charge in [-0.2, -0.15) is 0 Å². The molecule has 1 fully saturated rings. The lowest BCUT2D eigenvalue weighted by Crippen LogP contribution is -2.29. The topological polar surface area (TPSA) is 61.4 Å². The molecule has 1 saturated carbocycles. The molecule has 142 valence electrons. The van der Waals surface area contributed by atoms with E-state index < -0.39 is 0 Å². The summed E-state index contributed by atoms with van der Waals surface area (Å²) in [5.74, 6) is 0.162. The number of hydrogen-bond acceptors (Lipinski definition) is 3. The zero-order chi connectivity index (χ0) is 19.1. The summed E-state index contributed by atoms with van der Waals surface area (Å²) in [6, 6.07) is 17.4. The van der Waals surface area contributed by atoms with E-state index in [9.17, 15) is 9.59 Å². The number of para-hydroxylation sites is 1. The van der Waals surface area contributed by atoms with Crippen LogP contribution in [-0.4, -0.2) is 31.4 Å². The molecular formula is C22H27N3O2. The maximum absolute atomic E-state index is 12.3. The summed E-state index contributed by atoms with van der Waals surface area (Å²) < 4.78 is 0. The molecule has 0 bridgehead atoms. The summed E-state index contributed by atoms with van der Waals surface area (Å²) in [5, 5.41) is 5.85. The fourth-order valence-electron chi connectivity index (χ4n) is 2.98. The van der Waals surface area contributed by atoms with Gasteiger partial charge in [0.15, 0.2) is 0 Å². The molecule has 0 aromatic heterocycles. The maximum atomic E-state index is 12.3. The minimum atomic E-state index is -0.0853. The molecule has 2 aromatic rings. The molecule has 0 atom stereocenters. The largest absolute Gasteiger partial charge is 0.372 e. The van der Waals surface area contributed by atoms with Crippen LogP contribution in [0.1, 0.15) is 36.5 Å². The Balaban J connectivity index is 1.41. The average molecular weight is 365 g/mol. The normalized spacial score (nSPS) is 13.1. The van der Waals surface area contributed by atoms with Crippen molar-refractivity contribution in [2.75, 3.05) is 29.9 Å². The van der Waals surface area contributed by atoms with E-state index in [1.165, 1.54) is 5.69 Å². The van der Waals surface area contributed by atoms with E-state index in [1.54, 1.807) is 24.3 Å². The van der Waals surface area contributed by atoms with Gasteiger partial charge in [-0.1, -0.05) is 18.2 Å². The van der Waals surface area contributed by atoms with Gasteiger partial charge >= 0.3 is 0 Å². The highest BCUT2D eigenvalue weighted by molar-refractivity contribution is 5.96. The SMILES string of the molecule is CCN(CCCNC(=O)c1ccc(NC(=O)C2CC2)cc1)c1ccccc1. The van der Waals surface area contributed by atoms with Gasteiger partial charge in [0.25, 0.3) is 5.91 Å². The first-order valence-corrected chi connectivity index (χ1v) is 9.66. The van der Waals surface area contributed by atoms with Crippen molar-refractivity contribution >= 4 is 23.2 Å². The number of carbonyl (C=O) groups is 2. The molecular weight excluding hydrogens is 338 g/mol. The van der Waals surface area contributed by atoms with Crippen molar-refractivity contribution in [3.8, 4) is 0 Å². The Kier molecular flexibility index (Phi) is 6.47. The Morgan fingerprint density at radius 2 is 1.74 bits per heavy atom. The number of nitrogens with zero attached hydrogens (tertiary/aromatic N) is 1. The molecule has 1 aliphatic rings. The average Bonchev–Trinajstić information content (AvgIpc) is 3.54. The predicted octanol–water partition coefficient (Wildman–Crippen LogP) is 3.68. The van der Waals surface area contributed by atoms with Crippen LogP contribution in [0.5, 0.6) is 0 Å². The van der Waals surface area contributed by atoms with Gasteiger partial charge in [0.1, 0.15) is 0 Å². The summed E-state index contributed by atoms with van der Waals surface area (Å²) in [6.45, 7) is 4.59. The molecule has 1 aliphatic carbocycles. The van der Waals surface area contributed by atoms with Crippen LogP contribution >= 0.6 is 0 Å². The number of hydrogen-bond donors (Lipinski definition) is 2. The van der Waals surface area contributed by atoms with E-state index in [0.29, 0.717) is 12.1 Å². The standard InChI is InChI=1S/C22H27N3O2/c1-2-25(20-7-4-3-5-8-20)16-6-15-23-21(26)17-11-13-19(14-12-17)24-22(27)18-9-10-18/h3-5,7-8,11-14,18H,2,6,9-10,15-16H2,1H3,(H,23,26)(H,24,27).